The topological polar surface area (TPSA) is 20.2 Å². The molecular formula is C16H15FO. The molecule has 1 aliphatic rings. The average Bonchev–Trinajstić information content (AvgIpc) is 3.09. The fourth-order valence-corrected chi connectivity index (χ4v) is 2.90. The van der Waals surface area contributed by atoms with Crippen LogP contribution in [0, 0.1) is 0 Å². The van der Waals surface area contributed by atoms with E-state index in [-0.39, 0.29) is 0 Å². The van der Waals surface area contributed by atoms with Crippen molar-refractivity contribution in [2.45, 2.75) is 17.5 Å². The van der Waals surface area contributed by atoms with Crippen LogP contribution in [0.4, 0.5) is 4.39 Å². The van der Waals surface area contributed by atoms with Gasteiger partial charge in [-0.3, -0.25) is 0 Å². The Labute approximate surface area is 106 Å². The number of benzene rings is 2. The van der Waals surface area contributed by atoms with Crippen LogP contribution >= 0.6 is 0 Å². The van der Waals surface area contributed by atoms with E-state index in [4.69, 9.17) is 0 Å². The smallest absolute Gasteiger partial charge is 0.148 e. The van der Waals surface area contributed by atoms with Crippen LogP contribution in [0.1, 0.15) is 17.5 Å². The molecule has 3 rings (SSSR count). The van der Waals surface area contributed by atoms with Crippen molar-refractivity contribution in [2.24, 2.45) is 0 Å². The van der Waals surface area contributed by atoms with Crippen LogP contribution in [0.3, 0.4) is 0 Å². The molecule has 18 heavy (non-hydrogen) atoms. The first-order valence-corrected chi connectivity index (χ1v) is 6.14. The van der Waals surface area contributed by atoms with Gasteiger partial charge in [0, 0.05) is 6.42 Å². The van der Waals surface area contributed by atoms with Crippen molar-refractivity contribution in [1.29, 1.82) is 0 Å². The minimum absolute atomic E-state index is 0.352. The first-order chi connectivity index (χ1) is 8.73. The quantitative estimate of drug-likeness (QED) is 0.877. The van der Waals surface area contributed by atoms with Crippen LogP contribution in [-0.2, 0) is 5.41 Å². The maximum absolute atomic E-state index is 14.7. The molecule has 0 aromatic heterocycles. The highest BCUT2D eigenvalue weighted by atomic mass is 19.1. The Morgan fingerprint density at radius 3 is 1.67 bits per heavy atom. The van der Waals surface area contributed by atoms with Gasteiger partial charge in [-0.1, -0.05) is 60.7 Å². The lowest BCUT2D eigenvalue weighted by molar-refractivity contribution is 0.144. The molecular weight excluding hydrogens is 227 g/mol. The first-order valence-electron chi connectivity index (χ1n) is 6.14. The van der Waals surface area contributed by atoms with E-state index >= 15 is 0 Å². The van der Waals surface area contributed by atoms with E-state index < -0.39 is 17.7 Å². The number of alkyl halides is 1. The Kier molecular flexibility index (Phi) is 2.49. The molecule has 2 heteroatoms. The van der Waals surface area contributed by atoms with Crippen molar-refractivity contribution in [3.05, 3.63) is 71.8 Å². The van der Waals surface area contributed by atoms with Crippen molar-refractivity contribution in [2.75, 3.05) is 6.61 Å². The summed E-state index contributed by atoms with van der Waals surface area (Å²) in [4.78, 5) is 0. The van der Waals surface area contributed by atoms with Gasteiger partial charge in [0.2, 0.25) is 0 Å². The average molecular weight is 242 g/mol. The lowest BCUT2D eigenvalue weighted by Crippen LogP contribution is -2.24. The molecule has 0 aliphatic heterocycles. The van der Waals surface area contributed by atoms with Gasteiger partial charge >= 0.3 is 0 Å². The molecule has 1 aliphatic carbocycles. The zero-order chi connectivity index (χ0) is 12.6. The second-order valence-electron chi connectivity index (χ2n) is 4.94. The molecule has 0 amide bonds. The van der Waals surface area contributed by atoms with E-state index in [2.05, 4.69) is 0 Å². The highest BCUT2D eigenvalue weighted by Gasteiger charge is 2.70. The normalized spacial score (nSPS) is 24.8. The van der Waals surface area contributed by atoms with E-state index in [0.717, 1.165) is 11.1 Å². The van der Waals surface area contributed by atoms with E-state index in [1.54, 1.807) is 0 Å². The summed E-state index contributed by atoms with van der Waals surface area (Å²) in [5.41, 5.74) is -0.333. The summed E-state index contributed by atoms with van der Waals surface area (Å²) in [5.74, 6) is 0. The van der Waals surface area contributed by atoms with Gasteiger partial charge in [-0.05, 0) is 11.1 Å². The molecule has 0 heterocycles. The van der Waals surface area contributed by atoms with Gasteiger partial charge in [0.25, 0.3) is 0 Å². The standard InChI is InChI=1S/C16H15FO/c17-15(12-18)11-16(15,13-7-3-1-4-8-13)14-9-5-2-6-10-14/h1-10,18H,11-12H2. The summed E-state index contributed by atoms with van der Waals surface area (Å²) in [6, 6.07) is 19.2. The fourth-order valence-electron chi connectivity index (χ4n) is 2.90. The highest BCUT2D eigenvalue weighted by Crippen LogP contribution is 2.63. The monoisotopic (exact) mass is 242 g/mol. The summed E-state index contributed by atoms with van der Waals surface area (Å²) in [6.07, 6.45) is 0.352. The molecule has 1 N–H and O–H groups in total. The minimum Gasteiger partial charge on any atom is -0.393 e. The molecule has 1 saturated carbocycles. The molecule has 1 unspecified atom stereocenters. The van der Waals surface area contributed by atoms with Crippen LogP contribution in [0.25, 0.3) is 0 Å². The third-order valence-electron chi connectivity index (χ3n) is 3.97. The third kappa shape index (κ3) is 1.42. The van der Waals surface area contributed by atoms with Gasteiger partial charge < -0.3 is 5.11 Å². The molecule has 1 fully saturated rings. The van der Waals surface area contributed by atoms with Crippen molar-refractivity contribution >= 4 is 0 Å². The second-order valence-corrected chi connectivity index (χ2v) is 4.94. The van der Waals surface area contributed by atoms with Gasteiger partial charge in [0.1, 0.15) is 5.67 Å². The Hall–Kier alpha value is -1.67. The molecule has 1 atom stereocenters. The van der Waals surface area contributed by atoms with E-state index in [0.29, 0.717) is 6.42 Å². The number of hydrogen-bond acceptors (Lipinski definition) is 1. The lowest BCUT2D eigenvalue weighted by atomic mass is 9.85. The summed E-state index contributed by atoms with van der Waals surface area (Å²) < 4.78 is 14.7. The van der Waals surface area contributed by atoms with E-state index in [9.17, 15) is 9.50 Å². The molecule has 0 saturated heterocycles. The molecule has 92 valence electrons. The number of halogens is 1. The highest BCUT2D eigenvalue weighted by molar-refractivity contribution is 5.52. The third-order valence-corrected chi connectivity index (χ3v) is 3.97. The Morgan fingerprint density at radius 2 is 1.33 bits per heavy atom. The van der Waals surface area contributed by atoms with Gasteiger partial charge in [-0.25, -0.2) is 4.39 Å². The van der Waals surface area contributed by atoms with Crippen molar-refractivity contribution in [3.8, 4) is 0 Å². The van der Waals surface area contributed by atoms with E-state index in [1.807, 2.05) is 60.7 Å². The Morgan fingerprint density at radius 1 is 0.889 bits per heavy atom. The zero-order valence-corrected chi connectivity index (χ0v) is 10.0. The molecule has 2 aromatic carbocycles. The largest absolute Gasteiger partial charge is 0.393 e. The van der Waals surface area contributed by atoms with Gasteiger partial charge in [0.15, 0.2) is 0 Å². The molecule has 2 aromatic rings. The minimum atomic E-state index is -1.53. The summed E-state index contributed by atoms with van der Waals surface area (Å²) in [6.45, 7) is -0.434. The zero-order valence-electron chi connectivity index (χ0n) is 10.0. The predicted molar refractivity (Wildman–Crippen MR) is 69.2 cm³/mol. The van der Waals surface area contributed by atoms with Crippen LogP contribution in [0.2, 0.25) is 0 Å². The number of rotatable bonds is 3. The SMILES string of the molecule is OCC1(F)CC1(c1ccccc1)c1ccccc1. The molecule has 0 bridgehead atoms. The summed E-state index contributed by atoms with van der Waals surface area (Å²) >= 11 is 0. The van der Waals surface area contributed by atoms with Crippen LogP contribution in [0.5, 0.6) is 0 Å². The van der Waals surface area contributed by atoms with Crippen LogP contribution < -0.4 is 0 Å². The maximum Gasteiger partial charge on any atom is 0.148 e. The molecule has 0 spiro atoms. The Bertz CT molecular complexity index is 498. The van der Waals surface area contributed by atoms with Crippen molar-refractivity contribution < 1.29 is 9.50 Å². The maximum atomic E-state index is 14.7. The number of aliphatic hydroxyl groups excluding tert-OH is 1. The molecule has 1 nitrogen and oxygen atoms in total. The van der Waals surface area contributed by atoms with Gasteiger partial charge in [-0.2, -0.15) is 0 Å². The van der Waals surface area contributed by atoms with Crippen LogP contribution in [0.15, 0.2) is 60.7 Å². The predicted octanol–water partition coefficient (Wildman–Crippen LogP) is 3.08. The second kappa shape index (κ2) is 3.92. The fraction of sp³-hybridized carbons (Fsp3) is 0.250. The van der Waals surface area contributed by atoms with Crippen LogP contribution in [-0.4, -0.2) is 17.4 Å². The van der Waals surface area contributed by atoms with Crippen molar-refractivity contribution in [3.63, 3.8) is 0 Å². The first kappa shape index (κ1) is 11.4. The van der Waals surface area contributed by atoms with Gasteiger partial charge in [-0.15, -0.1) is 0 Å². The Balaban J connectivity index is 2.14. The number of aliphatic hydroxyl groups is 1. The summed E-state index contributed by atoms with van der Waals surface area (Å²) in [5, 5.41) is 9.35. The summed E-state index contributed by atoms with van der Waals surface area (Å²) in [7, 11) is 0. The lowest BCUT2D eigenvalue weighted by Gasteiger charge is -2.20. The van der Waals surface area contributed by atoms with E-state index in [1.165, 1.54) is 0 Å². The molecule has 0 radical (unpaired) electrons. The van der Waals surface area contributed by atoms with Crippen molar-refractivity contribution in [1.82, 2.24) is 0 Å². The van der Waals surface area contributed by atoms with Gasteiger partial charge in [0.05, 0.1) is 12.0 Å². The number of hydrogen-bond donors (Lipinski definition) is 1.